The van der Waals surface area contributed by atoms with E-state index in [1.54, 1.807) is 14.2 Å². The van der Waals surface area contributed by atoms with Crippen molar-refractivity contribution in [2.75, 3.05) is 20.8 Å². The van der Waals surface area contributed by atoms with Crippen molar-refractivity contribution in [2.45, 2.75) is 12.3 Å². The number of hydrogen-bond acceptors (Lipinski definition) is 6. The van der Waals surface area contributed by atoms with Gasteiger partial charge in [-0.25, -0.2) is 0 Å². The largest absolute Gasteiger partial charge is 0.497 e. The zero-order valence-corrected chi connectivity index (χ0v) is 14.1. The standard InChI is InChI=1S/C19H18N2O4/c1-22-15-6-3-12(4-7-15)18-20-19(25-21-18)14-9-13-5-8-16(23-2)10-17(13)24-11-14/h3-8,10,14H,9,11H2,1-2H3. The highest BCUT2D eigenvalue weighted by Gasteiger charge is 2.26. The molecule has 3 aromatic rings. The van der Waals surface area contributed by atoms with Crippen LogP contribution in [0.4, 0.5) is 0 Å². The molecule has 1 aliphatic rings. The summed E-state index contributed by atoms with van der Waals surface area (Å²) in [5, 5.41) is 4.10. The van der Waals surface area contributed by atoms with Gasteiger partial charge in [0.25, 0.3) is 0 Å². The molecule has 1 aromatic heterocycles. The Hall–Kier alpha value is -3.02. The normalized spacial score (nSPS) is 16.0. The van der Waals surface area contributed by atoms with Gasteiger partial charge in [0.05, 0.1) is 20.1 Å². The second-order valence-electron chi connectivity index (χ2n) is 5.87. The van der Waals surface area contributed by atoms with Gasteiger partial charge < -0.3 is 18.7 Å². The average Bonchev–Trinajstić information content (AvgIpc) is 3.17. The van der Waals surface area contributed by atoms with Gasteiger partial charge in [-0.2, -0.15) is 4.98 Å². The molecule has 2 aromatic carbocycles. The minimum atomic E-state index is 0.0420. The number of rotatable bonds is 4. The van der Waals surface area contributed by atoms with Gasteiger partial charge in [0.15, 0.2) is 0 Å². The van der Waals surface area contributed by atoms with Crippen molar-refractivity contribution in [1.29, 1.82) is 0 Å². The molecule has 1 aliphatic heterocycles. The molecule has 0 aliphatic carbocycles. The van der Waals surface area contributed by atoms with Crippen LogP contribution in [0.5, 0.6) is 17.2 Å². The van der Waals surface area contributed by atoms with Crippen LogP contribution in [0.15, 0.2) is 47.0 Å². The van der Waals surface area contributed by atoms with Gasteiger partial charge in [-0.3, -0.25) is 0 Å². The number of methoxy groups -OCH3 is 2. The highest BCUT2D eigenvalue weighted by Crippen LogP contribution is 2.34. The summed E-state index contributed by atoms with van der Waals surface area (Å²) in [6, 6.07) is 13.4. The maximum Gasteiger partial charge on any atom is 0.233 e. The number of benzene rings is 2. The molecule has 6 nitrogen and oxygen atoms in total. The fourth-order valence-electron chi connectivity index (χ4n) is 2.90. The van der Waals surface area contributed by atoms with Crippen molar-refractivity contribution in [3.05, 3.63) is 53.9 Å². The lowest BCUT2D eigenvalue weighted by atomic mass is 9.96. The van der Waals surface area contributed by atoms with Crippen molar-refractivity contribution < 1.29 is 18.7 Å². The van der Waals surface area contributed by atoms with E-state index in [1.165, 1.54) is 0 Å². The Bertz CT molecular complexity index is 873. The summed E-state index contributed by atoms with van der Waals surface area (Å²) in [4.78, 5) is 4.54. The van der Waals surface area contributed by atoms with E-state index in [1.807, 2.05) is 42.5 Å². The van der Waals surface area contributed by atoms with Crippen LogP contribution in [0.3, 0.4) is 0 Å². The molecule has 1 unspecified atom stereocenters. The van der Waals surface area contributed by atoms with Gasteiger partial charge in [0.2, 0.25) is 11.7 Å². The molecular formula is C19H18N2O4. The first-order chi connectivity index (χ1) is 12.3. The van der Waals surface area contributed by atoms with Gasteiger partial charge >= 0.3 is 0 Å². The monoisotopic (exact) mass is 338 g/mol. The molecule has 25 heavy (non-hydrogen) atoms. The lowest BCUT2D eigenvalue weighted by Crippen LogP contribution is -2.19. The fraction of sp³-hybridized carbons (Fsp3) is 0.263. The molecule has 0 bridgehead atoms. The molecule has 1 atom stereocenters. The van der Waals surface area contributed by atoms with Gasteiger partial charge in [-0.1, -0.05) is 11.2 Å². The lowest BCUT2D eigenvalue weighted by Gasteiger charge is -2.23. The topological polar surface area (TPSA) is 66.6 Å². The van der Waals surface area contributed by atoms with E-state index < -0.39 is 0 Å². The van der Waals surface area contributed by atoms with Crippen molar-refractivity contribution in [3.8, 4) is 28.6 Å². The quantitative estimate of drug-likeness (QED) is 0.726. The van der Waals surface area contributed by atoms with Crippen LogP contribution in [0.25, 0.3) is 11.4 Å². The third kappa shape index (κ3) is 3.03. The summed E-state index contributed by atoms with van der Waals surface area (Å²) >= 11 is 0. The Labute approximate surface area is 145 Å². The van der Waals surface area contributed by atoms with Crippen LogP contribution in [-0.2, 0) is 6.42 Å². The molecule has 0 saturated carbocycles. The predicted molar refractivity (Wildman–Crippen MR) is 91.2 cm³/mol. The highest BCUT2D eigenvalue weighted by molar-refractivity contribution is 5.55. The lowest BCUT2D eigenvalue weighted by molar-refractivity contribution is 0.229. The Morgan fingerprint density at radius 3 is 2.52 bits per heavy atom. The van der Waals surface area contributed by atoms with Crippen molar-refractivity contribution >= 4 is 0 Å². The van der Waals surface area contributed by atoms with E-state index in [2.05, 4.69) is 10.1 Å². The molecule has 0 saturated heterocycles. The van der Waals surface area contributed by atoms with Crippen LogP contribution in [0.1, 0.15) is 17.4 Å². The Morgan fingerprint density at radius 1 is 1.00 bits per heavy atom. The Morgan fingerprint density at radius 2 is 1.76 bits per heavy atom. The van der Waals surface area contributed by atoms with E-state index in [0.29, 0.717) is 18.3 Å². The molecule has 0 spiro atoms. The Balaban J connectivity index is 1.54. The van der Waals surface area contributed by atoms with Crippen molar-refractivity contribution in [3.63, 3.8) is 0 Å². The van der Waals surface area contributed by atoms with Crippen LogP contribution < -0.4 is 14.2 Å². The summed E-state index contributed by atoms with van der Waals surface area (Å²) in [5.74, 6) is 3.63. The Kier molecular flexibility index (Phi) is 4.01. The highest BCUT2D eigenvalue weighted by atomic mass is 16.5. The maximum absolute atomic E-state index is 5.85. The first-order valence-corrected chi connectivity index (χ1v) is 8.04. The molecule has 0 N–H and O–H groups in total. The van der Waals surface area contributed by atoms with E-state index in [-0.39, 0.29) is 5.92 Å². The van der Waals surface area contributed by atoms with Gasteiger partial charge in [-0.15, -0.1) is 0 Å². The van der Waals surface area contributed by atoms with Crippen molar-refractivity contribution in [1.82, 2.24) is 10.1 Å². The van der Waals surface area contributed by atoms with Crippen LogP contribution in [0, 0.1) is 0 Å². The van der Waals surface area contributed by atoms with Gasteiger partial charge in [0, 0.05) is 11.6 Å². The molecule has 0 fully saturated rings. The number of fused-ring (bicyclic) bond motifs is 1. The van der Waals surface area contributed by atoms with E-state index in [9.17, 15) is 0 Å². The minimum absolute atomic E-state index is 0.0420. The summed E-state index contributed by atoms with van der Waals surface area (Å²) in [6.07, 6.45) is 0.795. The third-order valence-electron chi connectivity index (χ3n) is 4.32. The summed E-state index contributed by atoms with van der Waals surface area (Å²) < 4.78 is 21.7. The maximum atomic E-state index is 5.85. The van der Waals surface area contributed by atoms with Crippen LogP contribution in [0.2, 0.25) is 0 Å². The zero-order valence-electron chi connectivity index (χ0n) is 14.1. The van der Waals surface area contributed by atoms with E-state index >= 15 is 0 Å². The smallest absolute Gasteiger partial charge is 0.233 e. The van der Waals surface area contributed by atoms with Crippen molar-refractivity contribution in [2.24, 2.45) is 0 Å². The summed E-state index contributed by atoms with van der Waals surface area (Å²) in [6.45, 7) is 0.504. The van der Waals surface area contributed by atoms with Crippen LogP contribution in [-0.4, -0.2) is 31.0 Å². The number of hydrogen-bond donors (Lipinski definition) is 0. The third-order valence-corrected chi connectivity index (χ3v) is 4.32. The fourth-order valence-corrected chi connectivity index (χ4v) is 2.90. The second kappa shape index (κ2) is 6.47. The first kappa shape index (κ1) is 15.5. The molecule has 4 rings (SSSR count). The first-order valence-electron chi connectivity index (χ1n) is 8.04. The molecular weight excluding hydrogens is 320 g/mol. The van der Waals surface area contributed by atoms with E-state index in [0.717, 1.165) is 34.8 Å². The molecule has 0 amide bonds. The van der Waals surface area contributed by atoms with Gasteiger partial charge in [0.1, 0.15) is 23.9 Å². The summed E-state index contributed by atoms with van der Waals surface area (Å²) in [5.41, 5.74) is 2.00. The number of aromatic nitrogens is 2. The molecule has 6 heteroatoms. The summed E-state index contributed by atoms with van der Waals surface area (Å²) in [7, 11) is 3.28. The zero-order chi connectivity index (χ0) is 17.2. The van der Waals surface area contributed by atoms with Crippen LogP contribution >= 0.6 is 0 Å². The van der Waals surface area contributed by atoms with E-state index in [4.69, 9.17) is 18.7 Å². The minimum Gasteiger partial charge on any atom is -0.497 e. The molecule has 2 heterocycles. The number of nitrogens with zero attached hydrogens (tertiary/aromatic N) is 2. The van der Waals surface area contributed by atoms with Gasteiger partial charge in [-0.05, 0) is 42.3 Å². The molecule has 128 valence electrons. The average molecular weight is 338 g/mol. The SMILES string of the molecule is COc1ccc(-c2noc(C3COc4cc(OC)ccc4C3)n2)cc1. The second-order valence-corrected chi connectivity index (χ2v) is 5.87. The predicted octanol–water partition coefficient (Wildman–Crippen LogP) is 3.47. The molecule has 0 radical (unpaired) electrons. The number of ether oxygens (including phenoxy) is 3.